The number of nitrogens with zero attached hydrogens (tertiary/aromatic N) is 3. The van der Waals surface area contributed by atoms with Crippen LogP contribution in [0.25, 0.3) is 16.8 Å². The number of carbonyl (C=O) groups excluding carboxylic acids is 3. The summed E-state index contributed by atoms with van der Waals surface area (Å²) in [6.07, 6.45) is 3.76. The van der Waals surface area contributed by atoms with E-state index in [1.54, 1.807) is 6.92 Å². The molecular weight excluding hydrogens is 498 g/mol. The van der Waals surface area contributed by atoms with E-state index in [4.69, 9.17) is 16.3 Å². The number of amides is 2. The smallest absolute Gasteiger partial charge is 0.329 e. The van der Waals surface area contributed by atoms with Gasteiger partial charge in [-0.2, -0.15) is 0 Å². The lowest BCUT2D eigenvalue weighted by atomic mass is 9.88. The van der Waals surface area contributed by atoms with E-state index in [2.05, 4.69) is 0 Å². The van der Waals surface area contributed by atoms with Crippen LogP contribution in [0.4, 0.5) is 17.1 Å². The van der Waals surface area contributed by atoms with Crippen LogP contribution in [0.15, 0.2) is 60.7 Å². The lowest BCUT2D eigenvalue weighted by Gasteiger charge is -2.36. The second-order valence-corrected chi connectivity index (χ2v) is 9.54. The van der Waals surface area contributed by atoms with Gasteiger partial charge in [-0.05, 0) is 29.8 Å². The number of hydrogen-bond acceptors (Lipinski definition) is 7. The number of imide groups is 1. The van der Waals surface area contributed by atoms with Crippen LogP contribution >= 0.6 is 11.6 Å². The fourth-order valence-electron chi connectivity index (χ4n) is 5.85. The highest BCUT2D eigenvalue weighted by atomic mass is 35.5. The number of carbonyl (C=O) groups is 3. The van der Waals surface area contributed by atoms with E-state index in [1.807, 2.05) is 53.5 Å². The maximum Gasteiger partial charge on any atom is 0.329 e. The maximum absolute atomic E-state index is 13.8. The topological polar surface area (TPSA) is 110 Å². The van der Waals surface area contributed by atoms with Crippen molar-refractivity contribution in [1.82, 2.24) is 0 Å². The summed E-state index contributed by atoms with van der Waals surface area (Å²) >= 11 is 6.29. The molecule has 6 rings (SSSR count). The summed E-state index contributed by atoms with van der Waals surface area (Å²) in [6.45, 7) is 1.78. The van der Waals surface area contributed by atoms with Gasteiger partial charge >= 0.3 is 5.97 Å². The first-order valence-electron chi connectivity index (χ1n) is 11.8. The third-order valence-corrected chi connectivity index (χ3v) is 7.64. The zero-order valence-electron chi connectivity index (χ0n) is 19.5. The summed E-state index contributed by atoms with van der Waals surface area (Å²) in [5.41, 5.74) is 1.25. The highest BCUT2D eigenvalue weighted by Gasteiger charge is 2.65. The highest BCUT2D eigenvalue weighted by Crippen LogP contribution is 2.51. The molecule has 2 amide bonds. The summed E-state index contributed by atoms with van der Waals surface area (Å²) in [5, 5.41) is 13.4. The molecule has 3 aromatic rings. The number of nitro groups is 1. The van der Waals surface area contributed by atoms with Crippen molar-refractivity contribution in [3.8, 4) is 0 Å². The van der Waals surface area contributed by atoms with Gasteiger partial charge in [0.05, 0.1) is 40.1 Å². The third-order valence-electron chi connectivity index (χ3n) is 7.32. The Kier molecular flexibility index (Phi) is 5.27. The molecule has 3 aromatic carbocycles. The summed E-state index contributed by atoms with van der Waals surface area (Å²) in [4.78, 5) is 54.4. The molecule has 0 unspecified atom stereocenters. The Morgan fingerprint density at radius 2 is 1.81 bits per heavy atom. The molecule has 0 saturated carbocycles. The molecule has 2 saturated heterocycles. The number of hydrogen-bond donors (Lipinski definition) is 0. The fraction of sp³-hybridized carbons (Fsp3) is 0.222. The molecule has 3 aliphatic rings. The van der Waals surface area contributed by atoms with Gasteiger partial charge in [0, 0.05) is 23.4 Å². The number of nitro benzene ring substituents is 1. The van der Waals surface area contributed by atoms with Gasteiger partial charge in [-0.3, -0.25) is 19.7 Å². The van der Waals surface area contributed by atoms with Crippen LogP contribution < -0.4 is 9.80 Å². The van der Waals surface area contributed by atoms with E-state index in [0.29, 0.717) is 0 Å². The molecule has 37 heavy (non-hydrogen) atoms. The number of benzene rings is 3. The number of halogens is 1. The van der Waals surface area contributed by atoms with Crippen LogP contribution in [0.5, 0.6) is 0 Å². The van der Waals surface area contributed by atoms with Gasteiger partial charge in [-0.15, -0.1) is 0 Å². The monoisotopic (exact) mass is 517 g/mol. The van der Waals surface area contributed by atoms with Crippen molar-refractivity contribution < 1.29 is 24.0 Å². The Hall–Kier alpha value is -4.24. The number of rotatable bonds is 4. The standard InChI is InChI=1S/C27H20ClN3O6/c1-2-37-27(34)24-23-22(25(32)30(26(23)33)21-13-15(31(35)36)8-10-18(21)28)20-12-9-17-16-6-4-3-5-14(16)7-11-19(17)29(20)24/h3-13,20,22-24H,2H2,1H3/t20-,22-,23-,24+/m1/s1. The van der Waals surface area contributed by atoms with Crippen molar-refractivity contribution in [2.24, 2.45) is 11.8 Å². The molecule has 186 valence electrons. The Morgan fingerprint density at radius 3 is 2.57 bits per heavy atom. The maximum atomic E-state index is 13.8. The molecule has 3 heterocycles. The number of anilines is 2. The van der Waals surface area contributed by atoms with Gasteiger partial charge in [-0.1, -0.05) is 54.1 Å². The van der Waals surface area contributed by atoms with Crippen molar-refractivity contribution in [1.29, 1.82) is 0 Å². The van der Waals surface area contributed by atoms with Crippen LogP contribution in [-0.2, 0) is 19.1 Å². The minimum absolute atomic E-state index is 0.0211. The number of esters is 1. The van der Waals surface area contributed by atoms with Crippen LogP contribution in [0.3, 0.4) is 0 Å². The average Bonchev–Trinajstić information content (AvgIpc) is 3.37. The molecule has 0 aliphatic carbocycles. The van der Waals surface area contributed by atoms with Crippen LogP contribution in [0.2, 0.25) is 5.02 Å². The van der Waals surface area contributed by atoms with Crippen LogP contribution in [0.1, 0.15) is 12.5 Å². The van der Waals surface area contributed by atoms with Crippen molar-refractivity contribution in [2.45, 2.75) is 19.0 Å². The number of fused-ring (bicyclic) bond motifs is 7. The first-order valence-corrected chi connectivity index (χ1v) is 12.2. The van der Waals surface area contributed by atoms with Crippen molar-refractivity contribution in [3.63, 3.8) is 0 Å². The third kappa shape index (κ3) is 3.27. The molecular formula is C27H20ClN3O6. The Morgan fingerprint density at radius 1 is 1.05 bits per heavy atom. The van der Waals surface area contributed by atoms with Crippen LogP contribution in [0, 0.1) is 22.0 Å². The molecule has 0 radical (unpaired) electrons. The van der Waals surface area contributed by atoms with Gasteiger partial charge in [0.1, 0.15) is 6.04 Å². The molecule has 0 N–H and O–H groups in total. The predicted octanol–water partition coefficient (Wildman–Crippen LogP) is 4.35. The van der Waals surface area contributed by atoms with E-state index in [-0.39, 0.29) is 23.0 Å². The number of ether oxygens (including phenoxy) is 1. The first kappa shape index (κ1) is 23.2. The Bertz CT molecular complexity index is 1550. The fourth-order valence-corrected chi connectivity index (χ4v) is 6.05. The summed E-state index contributed by atoms with van der Waals surface area (Å²) < 4.78 is 5.38. The lowest BCUT2D eigenvalue weighted by Crippen LogP contribution is -2.49. The Balaban J connectivity index is 1.50. The summed E-state index contributed by atoms with van der Waals surface area (Å²) in [6, 6.07) is 13.6. The van der Waals surface area contributed by atoms with Gasteiger partial charge in [-0.25, -0.2) is 9.69 Å². The molecule has 10 heteroatoms. The van der Waals surface area contributed by atoms with Gasteiger partial charge in [0.2, 0.25) is 11.8 Å². The second kappa shape index (κ2) is 8.41. The zero-order chi connectivity index (χ0) is 26.0. The molecule has 9 nitrogen and oxygen atoms in total. The summed E-state index contributed by atoms with van der Waals surface area (Å²) in [5.74, 6) is -3.75. The second-order valence-electron chi connectivity index (χ2n) is 9.13. The van der Waals surface area contributed by atoms with E-state index in [1.165, 1.54) is 12.1 Å². The molecule has 0 bridgehead atoms. The normalized spacial score (nSPS) is 23.7. The average molecular weight is 518 g/mol. The largest absolute Gasteiger partial charge is 0.464 e. The molecule has 2 fully saturated rings. The van der Waals surface area contributed by atoms with Crippen LogP contribution in [-0.4, -0.2) is 41.4 Å². The quantitative estimate of drug-likeness (QED) is 0.219. The molecule has 4 atom stereocenters. The van der Waals surface area contributed by atoms with Gasteiger partial charge in [0.25, 0.3) is 5.69 Å². The van der Waals surface area contributed by atoms with Crippen molar-refractivity contribution in [3.05, 3.63) is 81.4 Å². The Labute approximate surface area is 216 Å². The lowest BCUT2D eigenvalue weighted by molar-refractivity contribution is -0.384. The zero-order valence-corrected chi connectivity index (χ0v) is 20.3. The predicted molar refractivity (Wildman–Crippen MR) is 137 cm³/mol. The molecule has 0 spiro atoms. The highest BCUT2D eigenvalue weighted by molar-refractivity contribution is 6.36. The van der Waals surface area contributed by atoms with Crippen molar-refractivity contribution >= 4 is 63.3 Å². The van der Waals surface area contributed by atoms with E-state index < -0.39 is 46.6 Å². The summed E-state index contributed by atoms with van der Waals surface area (Å²) in [7, 11) is 0. The van der Waals surface area contributed by atoms with Gasteiger partial charge < -0.3 is 9.64 Å². The van der Waals surface area contributed by atoms with Crippen molar-refractivity contribution in [2.75, 3.05) is 16.4 Å². The first-order chi connectivity index (χ1) is 17.8. The SMILES string of the molecule is CCOC(=O)[C@@H]1[C@@H]2C(=O)N(c3cc([N+](=O)[O-])ccc3Cl)C(=O)[C@@H]2[C@H]2C=Cc3c(ccc4ccccc34)N21. The molecule has 3 aliphatic heterocycles. The van der Waals surface area contributed by atoms with Gasteiger partial charge in [0.15, 0.2) is 0 Å². The van der Waals surface area contributed by atoms with E-state index >= 15 is 0 Å². The van der Waals surface area contributed by atoms with E-state index in [0.717, 1.165) is 33.0 Å². The molecule has 0 aromatic heterocycles. The minimum atomic E-state index is -1.06. The number of non-ortho nitro benzene ring substituents is 1. The van der Waals surface area contributed by atoms with E-state index in [9.17, 15) is 24.5 Å². The minimum Gasteiger partial charge on any atom is -0.464 e.